The van der Waals surface area contributed by atoms with Crippen LogP contribution in [-0.2, 0) is 6.54 Å². The van der Waals surface area contributed by atoms with Gasteiger partial charge in [0.1, 0.15) is 0 Å². The first-order chi connectivity index (χ1) is 9.49. The molecule has 1 N–H and O–H groups in total. The maximum absolute atomic E-state index is 6.14. The van der Waals surface area contributed by atoms with Crippen molar-refractivity contribution in [1.82, 2.24) is 25.3 Å². The second-order valence-corrected chi connectivity index (χ2v) is 5.68. The number of rotatable bonds is 5. The molecule has 0 aliphatic rings. The van der Waals surface area contributed by atoms with E-state index >= 15 is 0 Å². The molecule has 20 heavy (non-hydrogen) atoms. The first-order valence-electron chi connectivity index (χ1n) is 6.74. The number of hydrogen-bond donors (Lipinski definition) is 1. The molecule has 0 atom stereocenters. The van der Waals surface area contributed by atoms with E-state index in [4.69, 9.17) is 11.6 Å². The topological polar surface area (TPSA) is 55.6 Å². The molecule has 0 amide bonds. The highest BCUT2D eigenvalue weighted by Crippen LogP contribution is 2.21. The third-order valence-electron chi connectivity index (χ3n) is 2.98. The van der Waals surface area contributed by atoms with Crippen LogP contribution >= 0.6 is 11.6 Å². The van der Waals surface area contributed by atoms with Crippen molar-refractivity contribution < 1.29 is 0 Å². The lowest BCUT2D eigenvalue weighted by molar-refractivity contribution is 0.545. The quantitative estimate of drug-likeness (QED) is 0.921. The SMILES string of the molecule is Cc1nn(-c2ccc(CNCC(C)C)nn2)c(C)c1Cl. The van der Waals surface area contributed by atoms with E-state index in [9.17, 15) is 0 Å². The molecule has 0 aliphatic carbocycles. The number of hydrogen-bond acceptors (Lipinski definition) is 4. The van der Waals surface area contributed by atoms with Crippen molar-refractivity contribution in [2.75, 3.05) is 6.54 Å². The highest BCUT2D eigenvalue weighted by atomic mass is 35.5. The van der Waals surface area contributed by atoms with Crippen molar-refractivity contribution in [3.63, 3.8) is 0 Å². The van der Waals surface area contributed by atoms with E-state index in [2.05, 4.69) is 34.5 Å². The molecule has 0 aromatic carbocycles. The van der Waals surface area contributed by atoms with E-state index in [1.165, 1.54) is 0 Å². The van der Waals surface area contributed by atoms with Crippen molar-refractivity contribution in [3.8, 4) is 5.82 Å². The Hall–Kier alpha value is -1.46. The van der Waals surface area contributed by atoms with Crippen molar-refractivity contribution in [2.24, 2.45) is 5.92 Å². The summed E-state index contributed by atoms with van der Waals surface area (Å²) in [6.07, 6.45) is 0. The summed E-state index contributed by atoms with van der Waals surface area (Å²) in [6.45, 7) is 9.84. The smallest absolute Gasteiger partial charge is 0.175 e. The molecular weight excluding hydrogens is 274 g/mol. The molecule has 0 aliphatic heterocycles. The van der Waals surface area contributed by atoms with Gasteiger partial charge in [-0.05, 0) is 38.4 Å². The van der Waals surface area contributed by atoms with Gasteiger partial charge in [-0.15, -0.1) is 5.10 Å². The van der Waals surface area contributed by atoms with E-state index in [0.29, 0.717) is 16.8 Å². The second-order valence-electron chi connectivity index (χ2n) is 5.30. The number of nitrogens with zero attached hydrogens (tertiary/aromatic N) is 4. The van der Waals surface area contributed by atoms with Crippen LogP contribution in [0.4, 0.5) is 0 Å². The van der Waals surface area contributed by atoms with E-state index in [1.54, 1.807) is 4.68 Å². The van der Waals surface area contributed by atoms with Crippen LogP contribution in [0.5, 0.6) is 0 Å². The Balaban J connectivity index is 2.10. The molecule has 0 saturated carbocycles. The lowest BCUT2D eigenvalue weighted by Crippen LogP contribution is -2.20. The van der Waals surface area contributed by atoms with Gasteiger partial charge in [0.25, 0.3) is 0 Å². The minimum Gasteiger partial charge on any atom is -0.311 e. The number of aromatic nitrogens is 4. The maximum Gasteiger partial charge on any atom is 0.175 e. The third kappa shape index (κ3) is 3.35. The average molecular weight is 294 g/mol. The predicted molar refractivity (Wildman–Crippen MR) is 80.2 cm³/mol. The van der Waals surface area contributed by atoms with Gasteiger partial charge in [0.05, 0.1) is 22.1 Å². The fraction of sp³-hybridized carbons (Fsp3) is 0.500. The number of halogens is 1. The van der Waals surface area contributed by atoms with Crippen molar-refractivity contribution in [2.45, 2.75) is 34.2 Å². The van der Waals surface area contributed by atoms with Gasteiger partial charge in [-0.3, -0.25) is 0 Å². The summed E-state index contributed by atoms with van der Waals surface area (Å²) >= 11 is 6.14. The lowest BCUT2D eigenvalue weighted by Gasteiger charge is -2.07. The minimum absolute atomic E-state index is 0.624. The number of nitrogens with one attached hydrogen (secondary N) is 1. The molecule has 0 radical (unpaired) electrons. The molecule has 0 spiro atoms. The van der Waals surface area contributed by atoms with Crippen LogP contribution in [0.15, 0.2) is 12.1 Å². The third-order valence-corrected chi connectivity index (χ3v) is 3.53. The molecule has 0 fully saturated rings. The van der Waals surface area contributed by atoms with E-state index in [-0.39, 0.29) is 0 Å². The molecule has 0 saturated heterocycles. The van der Waals surface area contributed by atoms with E-state index < -0.39 is 0 Å². The standard InChI is InChI=1S/C14H20ClN5/c1-9(2)7-16-8-12-5-6-13(18-17-12)20-11(4)14(15)10(3)19-20/h5-6,9,16H,7-8H2,1-4H3. The van der Waals surface area contributed by atoms with Gasteiger partial charge in [-0.25, -0.2) is 4.68 Å². The summed E-state index contributed by atoms with van der Waals surface area (Å²) in [5.74, 6) is 1.31. The van der Waals surface area contributed by atoms with Gasteiger partial charge < -0.3 is 5.32 Å². The molecule has 0 bridgehead atoms. The van der Waals surface area contributed by atoms with Gasteiger partial charge in [-0.1, -0.05) is 25.4 Å². The van der Waals surface area contributed by atoms with Gasteiger partial charge in [-0.2, -0.15) is 10.2 Å². The summed E-state index contributed by atoms with van der Waals surface area (Å²) in [5.41, 5.74) is 2.60. The highest BCUT2D eigenvalue weighted by Gasteiger charge is 2.11. The normalized spacial score (nSPS) is 11.3. The summed E-state index contributed by atoms with van der Waals surface area (Å²) in [4.78, 5) is 0. The molecule has 2 aromatic rings. The van der Waals surface area contributed by atoms with Gasteiger partial charge >= 0.3 is 0 Å². The Morgan fingerprint density at radius 3 is 2.50 bits per heavy atom. The molecular formula is C14H20ClN5. The van der Waals surface area contributed by atoms with Crippen molar-refractivity contribution in [3.05, 3.63) is 34.2 Å². The Labute approximate surface area is 124 Å². The fourth-order valence-electron chi connectivity index (χ4n) is 1.90. The Kier molecular flexibility index (Phi) is 4.73. The summed E-state index contributed by atoms with van der Waals surface area (Å²) in [5, 5.41) is 16.8. The first-order valence-corrected chi connectivity index (χ1v) is 7.12. The summed E-state index contributed by atoms with van der Waals surface area (Å²) in [7, 11) is 0. The molecule has 6 heteroatoms. The van der Waals surface area contributed by atoms with Crippen LogP contribution in [0.1, 0.15) is 30.9 Å². The number of aryl methyl sites for hydroxylation is 1. The van der Waals surface area contributed by atoms with Crippen molar-refractivity contribution >= 4 is 11.6 Å². The zero-order valence-corrected chi connectivity index (χ0v) is 13.1. The van der Waals surface area contributed by atoms with Crippen molar-refractivity contribution in [1.29, 1.82) is 0 Å². The zero-order chi connectivity index (χ0) is 14.7. The molecule has 5 nitrogen and oxygen atoms in total. The Morgan fingerprint density at radius 1 is 1.25 bits per heavy atom. The molecule has 108 valence electrons. The average Bonchev–Trinajstić information content (AvgIpc) is 2.67. The van der Waals surface area contributed by atoms with Gasteiger partial charge in [0.15, 0.2) is 5.82 Å². The van der Waals surface area contributed by atoms with Crippen LogP contribution in [0.2, 0.25) is 5.02 Å². The maximum atomic E-state index is 6.14. The summed E-state index contributed by atoms with van der Waals surface area (Å²) in [6, 6.07) is 3.87. The highest BCUT2D eigenvalue weighted by molar-refractivity contribution is 6.31. The first kappa shape index (κ1) is 14.9. The molecule has 2 aromatic heterocycles. The van der Waals surface area contributed by atoms with Crippen LogP contribution in [0.3, 0.4) is 0 Å². The largest absolute Gasteiger partial charge is 0.311 e. The second kappa shape index (κ2) is 6.33. The van der Waals surface area contributed by atoms with Crippen LogP contribution < -0.4 is 5.32 Å². The van der Waals surface area contributed by atoms with Gasteiger partial charge in [0.2, 0.25) is 0 Å². The molecule has 2 rings (SSSR count). The molecule has 0 unspecified atom stereocenters. The minimum atomic E-state index is 0.624. The zero-order valence-electron chi connectivity index (χ0n) is 12.3. The van der Waals surface area contributed by atoms with Crippen LogP contribution in [0, 0.1) is 19.8 Å². The molecule has 2 heterocycles. The monoisotopic (exact) mass is 293 g/mol. The fourth-order valence-corrected chi connectivity index (χ4v) is 2.01. The predicted octanol–water partition coefficient (Wildman–Crippen LogP) is 2.68. The van der Waals surface area contributed by atoms with Crippen LogP contribution in [-0.4, -0.2) is 26.5 Å². The van der Waals surface area contributed by atoms with E-state index in [0.717, 1.165) is 30.2 Å². The van der Waals surface area contributed by atoms with E-state index in [1.807, 2.05) is 26.0 Å². The Bertz CT molecular complexity index is 574. The lowest BCUT2D eigenvalue weighted by atomic mass is 10.2. The Morgan fingerprint density at radius 2 is 2.00 bits per heavy atom. The van der Waals surface area contributed by atoms with Gasteiger partial charge in [0, 0.05) is 6.54 Å². The van der Waals surface area contributed by atoms with Crippen LogP contribution in [0.25, 0.3) is 5.82 Å². The summed E-state index contributed by atoms with van der Waals surface area (Å²) < 4.78 is 1.72.